The molecule has 7 heteroatoms. The molecule has 0 saturated heterocycles. The summed E-state index contributed by atoms with van der Waals surface area (Å²) in [5, 5.41) is 8.23. The third-order valence-electron chi connectivity index (χ3n) is 2.15. The Hall–Kier alpha value is -0.690. The second-order valence-electron chi connectivity index (χ2n) is 3.25. The summed E-state index contributed by atoms with van der Waals surface area (Å²) in [6.45, 7) is 5.40. The fraction of sp³-hybridized carbons (Fsp3) is 0.700. The molecule has 0 atom stereocenters. The maximum Gasteiger partial charge on any atom is 0.277 e. The van der Waals surface area contributed by atoms with E-state index in [4.69, 9.17) is 4.42 Å². The van der Waals surface area contributed by atoms with E-state index in [1.165, 1.54) is 11.8 Å². The van der Waals surface area contributed by atoms with Crippen LogP contribution >= 0.6 is 23.5 Å². The van der Waals surface area contributed by atoms with Gasteiger partial charge in [0.05, 0.1) is 11.5 Å². The fourth-order valence-electron chi connectivity index (χ4n) is 1.27. The highest BCUT2D eigenvalue weighted by molar-refractivity contribution is 7.99. The van der Waals surface area contributed by atoms with Gasteiger partial charge in [0, 0.05) is 13.1 Å². The summed E-state index contributed by atoms with van der Waals surface area (Å²) in [6.07, 6.45) is 1.97. The van der Waals surface area contributed by atoms with Crippen LogP contribution < -0.4 is 0 Å². The van der Waals surface area contributed by atoms with Gasteiger partial charge in [-0.05, 0) is 20.1 Å². The van der Waals surface area contributed by atoms with Gasteiger partial charge in [0.15, 0.2) is 0 Å². The quantitative estimate of drug-likeness (QED) is 0.708. The number of hydrogen-bond donors (Lipinski definition) is 0. The molecule has 0 bridgehead atoms. The van der Waals surface area contributed by atoms with Crippen LogP contribution in [0.3, 0.4) is 0 Å². The Balaban J connectivity index is 2.41. The lowest BCUT2D eigenvalue weighted by Crippen LogP contribution is -2.31. The number of amides is 1. The van der Waals surface area contributed by atoms with Crippen molar-refractivity contribution in [3.63, 3.8) is 0 Å². The van der Waals surface area contributed by atoms with E-state index in [0.29, 0.717) is 22.6 Å². The molecule has 96 valence electrons. The third kappa shape index (κ3) is 4.59. The Morgan fingerprint density at radius 2 is 2.06 bits per heavy atom. The van der Waals surface area contributed by atoms with E-state index >= 15 is 0 Å². The van der Waals surface area contributed by atoms with Crippen molar-refractivity contribution in [2.45, 2.75) is 24.8 Å². The molecule has 1 aromatic rings. The maximum atomic E-state index is 11.7. The van der Waals surface area contributed by atoms with Crippen molar-refractivity contribution in [1.82, 2.24) is 15.1 Å². The van der Waals surface area contributed by atoms with Gasteiger partial charge in [-0.25, -0.2) is 0 Å². The van der Waals surface area contributed by atoms with Crippen LogP contribution in [0.15, 0.2) is 9.64 Å². The number of rotatable bonds is 7. The minimum absolute atomic E-state index is 0.101. The zero-order chi connectivity index (χ0) is 12.7. The minimum Gasteiger partial charge on any atom is -0.415 e. The molecule has 1 amide bonds. The zero-order valence-electron chi connectivity index (χ0n) is 10.3. The van der Waals surface area contributed by atoms with Crippen LogP contribution in [0.4, 0.5) is 0 Å². The molecule has 0 spiro atoms. The summed E-state index contributed by atoms with van der Waals surface area (Å²) in [5.74, 6) is 1.76. The van der Waals surface area contributed by atoms with Crippen molar-refractivity contribution >= 4 is 29.4 Å². The van der Waals surface area contributed by atoms with Gasteiger partial charge in [-0.2, -0.15) is 11.8 Å². The molecule has 0 aromatic carbocycles. The highest BCUT2D eigenvalue weighted by Gasteiger charge is 2.13. The fourth-order valence-corrected chi connectivity index (χ4v) is 2.32. The third-order valence-corrected chi connectivity index (χ3v) is 3.49. The van der Waals surface area contributed by atoms with Crippen molar-refractivity contribution in [1.29, 1.82) is 0 Å². The predicted octanol–water partition coefficient (Wildman–Crippen LogP) is 1.89. The number of hydrogen-bond acceptors (Lipinski definition) is 6. The van der Waals surface area contributed by atoms with Gasteiger partial charge in [0.2, 0.25) is 11.8 Å². The van der Waals surface area contributed by atoms with Crippen molar-refractivity contribution in [3.8, 4) is 0 Å². The van der Waals surface area contributed by atoms with Crippen molar-refractivity contribution < 1.29 is 9.21 Å². The molecule has 0 radical (unpaired) electrons. The number of aromatic nitrogens is 2. The second kappa shape index (κ2) is 7.60. The molecule has 5 nitrogen and oxygen atoms in total. The van der Waals surface area contributed by atoms with Gasteiger partial charge in [0.25, 0.3) is 5.22 Å². The summed E-state index contributed by atoms with van der Waals surface area (Å²) < 4.78 is 5.37. The summed E-state index contributed by atoms with van der Waals surface area (Å²) in [4.78, 5) is 13.5. The zero-order valence-corrected chi connectivity index (χ0v) is 11.9. The molecule has 17 heavy (non-hydrogen) atoms. The molecule has 1 heterocycles. The molecular formula is C10H17N3O2S2. The number of nitrogens with zero attached hydrogens (tertiary/aromatic N) is 3. The summed E-state index contributed by atoms with van der Waals surface area (Å²) in [5.41, 5.74) is 0. The van der Waals surface area contributed by atoms with E-state index in [1.807, 2.05) is 20.1 Å². The van der Waals surface area contributed by atoms with Gasteiger partial charge < -0.3 is 9.32 Å². The largest absolute Gasteiger partial charge is 0.415 e. The summed E-state index contributed by atoms with van der Waals surface area (Å²) >= 11 is 2.92. The SMILES string of the molecule is CCN(CC)C(=O)CSc1nnc(CSC)o1. The van der Waals surface area contributed by atoms with Crippen LogP contribution in [0.1, 0.15) is 19.7 Å². The average Bonchev–Trinajstić information content (AvgIpc) is 2.76. The molecule has 1 aromatic heterocycles. The van der Waals surface area contributed by atoms with Gasteiger partial charge in [-0.1, -0.05) is 11.8 Å². The van der Waals surface area contributed by atoms with E-state index < -0.39 is 0 Å². The van der Waals surface area contributed by atoms with Crippen LogP contribution in [-0.4, -0.2) is 46.1 Å². The van der Waals surface area contributed by atoms with Crippen LogP contribution in [0.25, 0.3) is 0 Å². The van der Waals surface area contributed by atoms with Gasteiger partial charge in [0.1, 0.15) is 0 Å². The van der Waals surface area contributed by atoms with Crippen LogP contribution in [0.2, 0.25) is 0 Å². The first-order valence-electron chi connectivity index (χ1n) is 5.43. The molecule has 0 aliphatic heterocycles. The molecule has 1 rings (SSSR count). The van der Waals surface area contributed by atoms with E-state index in [1.54, 1.807) is 16.7 Å². The van der Waals surface area contributed by atoms with Gasteiger partial charge >= 0.3 is 0 Å². The standard InChI is InChI=1S/C10H17N3O2S2/c1-4-13(5-2)9(14)7-17-10-12-11-8(15-10)6-16-3/h4-7H2,1-3H3. The topological polar surface area (TPSA) is 59.2 Å². The van der Waals surface area contributed by atoms with Crippen molar-refractivity contribution in [2.75, 3.05) is 25.1 Å². The van der Waals surface area contributed by atoms with E-state index in [2.05, 4.69) is 10.2 Å². The molecule has 0 aliphatic rings. The predicted molar refractivity (Wildman–Crippen MR) is 70.2 cm³/mol. The maximum absolute atomic E-state index is 11.7. The minimum atomic E-state index is 0.101. The smallest absolute Gasteiger partial charge is 0.277 e. The molecule has 0 fully saturated rings. The van der Waals surface area contributed by atoms with Crippen molar-refractivity contribution in [2.24, 2.45) is 0 Å². The van der Waals surface area contributed by atoms with Gasteiger partial charge in [-0.3, -0.25) is 4.79 Å². The Labute approximate surface area is 110 Å². The summed E-state index contributed by atoms with van der Waals surface area (Å²) in [7, 11) is 0. The lowest BCUT2D eigenvalue weighted by molar-refractivity contribution is -0.127. The van der Waals surface area contributed by atoms with Crippen molar-refractivity contribution in [3.05, 3.63) is 5.89 Å². The Kier molecular flexibility index (Phi) is 6.43. The Morgan fingerprint density at radius 3 is 2.65 bits per heavy atom. The molecule has 0 N–H and O–H groups in total. The number of carbonyl (C=O) groups is 1. The van der Waals surface area contributed by atoms with Crippen LogP contribution in [0, 0.1) is 0 Å². The normalized spacial score (nSPS) is 10.5. The Morgan fingerprint density at radius 1 is 1.35 bits per heavy atom. The summed E-state index contributed by atoms with van der Waals surface area (Å²) in [6, 6.07) is 0. The molecular weight excluding hydrogens is 258 g/mol. The number of carbonyl (C=O) groups excluding carboxylic acids is 1. The first-order chi connectivity index (χ1) is 8.21. The van der Waals surface area contributed by atoms with E-state index in [0.717, 1.165) is 13.1 Å². The van der Waals surface area contributed by atoms with Gasteiger partial charge in [-0.15, -0.1) is 10.2 Å². The molecule has 0 unspecified atom stereocenters. The molecule has 0 saturated carbocycles. The monoisotopic (exact) mass is 275 g/mol. The first-order valence-corrected chi connectivity index (χ1v) is 7.81. The highest BCUT2D eigenvalue weighted by Crippen LogP contribution is 2.18. The van der Waals surface area contributed by atoms with Crippen LogP contribution in [0.5, 0.6) is 0 Å². The van der Waals surface area contributed by atoms with E-state index in [9.17, 15) is 4.79 Å². The Bertz CT molecular complexity index is 353. The van der Waals surface area contributed by atoms with Crippen LogP contribution in [-0.2, 0) is 10.5 Å². The molecule has 0 aliphatic carbocycles. The van der Waals surface area contributed by atoms with E-state index in [-0.39, 0.29) is 5.91 Å². The lowest BCUT2D eigenvalue weighted by atomic mass is 10.5. The second-order valence-corrected chi connectivity index (χ2v) is 5.04. The number of thioether (sulfide) groups is 2. The average molecular weight is 275 g/mol. The first kappa shape index (κ1) is 14.4. The lowest BCUT2D eigenvalue weighted by Gasteiger charge is -2.17. The highest BCUT2D eigenvalue weighted by atomic mass is 32.2.